The van der Waals surface area contributed by atoms with Crippen LogP contribution < -0.4 is 0 Å². The maximum Gasteiger partial charge on any atom is 0.315 e. The second-order valence-corrected chi connectivity index (χ2v) is 4.91. The molecule has 1 saturated heterocycles. The molecule has 0 aromatic rings. The van der Waals surface area contributed by atoms with Crippen LogP contribution in [0.3, 0.4) is 0 Å². The summed E-state index contributed by atoms with van der Waals surface area (Å²) in [5.41, 5.74) is 0. The van der Waals surface area contributed by atoms with Crippen LogP contribution in [0, 0.1) is 0 Å². The van der Waals surface area contributed by atoms with Crippen molar-refractivity contribution in [3.8, 4) is 0 Å². The third kappa shape index (κ3) is 3.99. The van der Waals surface area contributed by atoms with E-state index in [4.69, 9.17) is 0 Å². The average Bonchev–Trinajstić information content (AvgIpc) is 2.18. The van der Waals surface area contributed by atoms with Crippen LogP contribution in [0.2, 0.25) is 0 Å². The lowest BCUT2D eigenvalue weighted by Gasteiger charge is -2.25. The molecule has 1 rings (SSSR count). The van der Waals surface area contributed by atoms with Crippen LogP contribution in [-0.2, 0) is 25.1 Å². The Morgan fingerprint density at radius 3 is 2.47 bits per heavy atom. The molecular formula is C9H15NO4S. The minimum Gasteiger partial charge on any atom is -0.466 e. The molecule has 6 heteroatoms. The predicted octanol–water partition coefficient (Wildman–Crippen LogP) is -0.469. The summed E-state index contributed by atoms with van der Waals surface area (Å²) in [5, 5.41) is 0. The molecule has 5 nitrogen and oxygen atoms in total. The van der Waals surface area contributed by atoms with Crippen LogP contribution in [0.25, 0.3) is 0 Å². The first-order valence-electron chi connectivity index (χ1n) is 4.92. The highest BCUT2D eigenvalue weighted by Crippen LogP contribution is 2.03. The van der Waals surface area contributed by atoms with E-state index in [0.29, 0.717) is 24.6 Å². The van der Waals surface area contributed by atoms with Gasteiger partial charge < -0.3 is 9.64 Å². The minimum absolute atomic E-state index is 0.208. The highest BCUT2D eigenvalue weighted by molar-refractivity contribution is 7.85. The molecule has 0 bridgehead atoms. The first-order valence-corrected chi connectivity index (χ1v) is 6.40. The van der Waals surface area contributed by atoms with Crippen molar-refractivity contribution in [2.45, 2.75) is 13.3 Å². The summed E-state index contributed by atoms with van der Waals surface area (Å²) >= 11 is 0. The first kappa shape index (κ1) is 12.2. The summed E-state index contributed by atoms with van der Waals surface area (Å²) in [6, 6.07) is 0. The number of rotatable bonds is 3. The fourth-order valence-corrected chi connectivity index (χ4v) is 2.39. The lowest BCUT2D eigenvalue weighted by atomic mass is 10.3. The predicted molar refractivity (Wildman–Crippen MR) is 55.7 cm³/mol. The van der Waals surface area contributed by atoms with E-state index >= 15 is 0 Å². The van der Waals surface area contributed by atoms with Crippen molar-refractivity contribution >= 4 is 22.7 Å². The summed E-state index contributed by atoms with van der Waals surface area (Å²) in [6.45, 7) is 2.94. The summed E-state index contributed by atoms with van der Waals surface area (Å²) in [5.74, 6) is 0.294. The van der Waals surface area contributed by atoms with Gasteiger partial charge >= 0.3 is 5.97 Å². The maximum atomic E-state index is 11.5. The zero-order chi connectivity index (χ0) is 11.3. The Morgan fingerprint density at radius 1 is 1.33 bits per heavy atom. The van der Waals surface area contributed by atoms with Gasteiger partial charge in [0.2, 0.25) is 5.91 Å². The molecule has 1 aliphatic heterocycles. The molecule has 0 unspecified atom stereocenters. The standard InChI is InChI=1S/C9H15NO4S/c1-2-14-9(12)7-8(11)10-3-5-15(13)6-4-10/h2-7H2,1H3. The van der Waals surface area contributed by atoms with E-state index in [-0.39, 0.29) is 18.9 Å². The van der Waals surface area contributed by atoms with Crippen LogP contribution in [0.15, 0.2) is 0 Å². The van der Waals surface area contributed by atoms with E-state index in [2.05, 4.69) is 4.74 Å². The SMILES string of the molecule is CCOC(=O)CC(=O)N1CCS(=O)CC1. The molecule has 86 valence electrons. The Morgan fingerprint density at radius 2 is 1.93 bits per heavy atom. The summed E-state index contributed by atoms with van der Waals surface area (Å²) < 4.78 is 15.7. The van der Waals surface area contributed by atoms with Gasteiger partial charge in [0.15, 0.2) is 0 Å². The molecule has 0 N–H and O–H groups in total. The fourth-order valence-electron chi connectivity index (χ4n) is 1.33. The van der Waals surface area contributed by atoms with E-state index < -0.39 is 16.8 Å². The Kier molecular flexibility index (Phi) is 4.74. The number of carbonyl (C=O) groups excluding carboxylic acids is 2. The maximum absolute atomic E-state index is 11.5. The van der Waals surface area contributed by atoms with Gasteiger partial charge in [0.05, 0.1) is 6.61 Å². The zero-order valence-electron chi connectivity index (χ0n) is 8.73. The number of hydrogen-bond donors (Lipinski definition) is 0. The van der Waals surface area contributed by atoms with Gasteiger partial charge in [-0.05, 0) is 6.92 Å². The van der Waals surface area contributed by atoms with Crippen LogP contribution in [0.1, 0.15) is 13.3 Å². The third-order valence-corrected chi connectivity index (χ3v) is 3.41. The van der Waals surface area contributed by atoms with Crippen molar-refractivity contribution in [1.82, 2.24) is 4.90 Å². The highest BCUT2D eigenvalue weighted by Gasteiger charge is 2.22. The molecule has 0 saturated carbocycles. The summed E-state index contributed by atoms with van der Waals surface area (Å²) in [6.07, 6.45) is -0.208. The van der Waals surface area contributed by atoms with Crippen molar-refractivity contribution in [1.29, 1.82) is 0 Å². The number of amides is 1. The highest BCUT2D eigenvalue weighted by atomic mass is 32.2. The Bertz CT molecular complexity index is 269. The Labute approximate surface area is 91.2 Å². The normalized spacial score (nSPS) is 17.5. The lowest BCUT2D eigenvalue weighted by Crippen LogP contribution is -2.42. The quantitative estimate of drug-likeness (QED) is 0.488. The molecule has 0 aliphatic carbocycles. The molecule has 0 atom stereocenters. The molecule has 0 spiro atoms. The molecule has 15 heavy (non-hydrogen) atoms. The van der Waals surface area contributed by atoms with Gasteiger partial charge in [-0.1, -0.05) is 0 Å². The van der Waals surface area contributed by atoms with E-state index in [0.717, 1.165) is 0 Å². The minimum atomic E-state index is -0.804. The molecule has 1 amide bonds. The first-order chi connectivity index (χ1) is 7.13. The molecule has 1 heterocycles. The van der Waals surface area contributed by atoms with E-state index in [1.54, 1.807) is 11.8 Å². The van der Waals surface area contributed by atoms with Gasteiger partial charge in [0, 0.05) is 35.4 Å². The molecule has 1 fully saturated rings. The number of nitrogens with zero attached hydrogens (tertiary/aromatic N) is 1. The second kappa shape index (κ2) is 5.85. The number of esters is 1. The zero-order valence-corrected chi connectivity index (χ0v) is 9.55. The molecule has 1 aliphatic rings. The third-order valence-electron chi connectivity index (χ3n) is 2.13. The van der Waals surface area contributed by atoms with Crippen molar-refractivity contribution in [3.63, 3.8) is 0 Å². The topological polar surface area (TPSA) is 63.7 Å². The van der Waals surface area contributed by atoms with Crippen LogP contribution in [-0.4, -0.2) is 52.2 Å². The van der Waals surface area contributed by atoms with Gasteiger partial charge in [0.25, 0.3) is 0 Å². The van der Waals surface area contributed by atoms with Crippen molar-refractivity contribution in [2.24, 2.45) is 0 Å². The number of carbonyl (C=O) groups is 2. The monoisotopic (exact) mass is 233 g/mol. The largest absolute Gasteiger partial charge is 0.466 e. The van der Waals surface area contributed by atoms with Crippen molar-refractivity contribution in [2.75, 3.05) is 31.2 Å². The Hall–Kier alpha value is -0.910. The van der Waals surface area contributed by atoms with E-state index in [1.807, 2.05) is 0 Å². The summed E-state index contributed by atoms with van der Waals surface area (Å²) in [4.78, 5) is 24.1. The van der Waals surface area contributed by atoms with Crippen LogP contribution in [0.5, 0.6) is 0 Å². The van der Waals surface area contributed by atoms with Gasteiger partial charge in [-0.25, -0.2) is 0 Å². The van der Waals surface area contributed by atoms with Gasteiger partial charge in [-0.3, -0.25) is 13.8 Å². The van der Waals surface area contributed by atoms with Crippen molar-refractivity contribution < 1.29 is 18.5 Å². The van der Waals surface area contributed by atoms with Crippen LogP contribution in [0.4, 0.5) is 0 Å². The number of ether oxygens (including phenoxy) is 1. The molecule has 0 radical (unpaired) electrons. The average molecular weight is 233 g/mol. The second-order valence-electron chi connectivity index (χ2n) is 3.21. The van der Waals surface area contributed by atoms with E-state index in [1.165, 1.54) is 0 Å². The van der Waals surface area contributed by atoms with Gasteiger partial charge in [-0.2, -0.15) is 0 Å². The van der Waals surface area contributed by atoms with Gasteiger partial charge in [-0.15, -0.1) is 0 Å². The van der Waals surface area contributed by atoms with Gasteiger partial charge in [0.1, 0.15) is 6.42 Å². The van der Waals surface area contributed by atoms with Crippen molar-refractivity contribution in [3.05, 3.63) is 0 Å². The molecule has 0 aromatic heterocycles. The number of hydrogen-bond acceptors (Lipinski definition) is 4. The molecule has 0 aromatic carbocycles. The lowest BCUT2D eigenvalue weighted by molar-refractivity contribution is -0.148. The Balaban J connectivity index is 2.34. The smallest absolute Gasteiger partial charge is 0.315 e. The fraction of sp³-hybridized carbons (Fsp3) is 0.778. The van der Waals surface area contributed by atoms with Crippen LogP contribution >= 0.6 is 0 Å². The summed E-state index contributed by atoms with van der Waals surface area (Å²) in [7, 11) is -0.804. The van der Waals surface area contributed by atoms with E-state index in [9.17, 15) is 13.8 Å². The molecular weight excluding hydrogens is 218 g/mol.